The van der Waals surface area contributed by atoms with Crippen molar-refractivity contribution in [2.75, 3.05) is 0 Å². The topological polar surface area (TPSA) is 0 Å². The maximum Gasteiger partial charge on any atom is -0.000730 e. The average Bonchev–Trinajstić information content (AvgIpc) is 3.88. The minimum Gasteiger partial charge on any atom is -0.0622 e. The molecule has 0 spiro atoms. The van der Waals surface area contributed by atoms with Gasteiger partial charge in [-0.1, -0.05) is 206 Å². The molecule has 13 aromatic rings. The molecule has 0 saturated heterocycles. The standard InChI is InChI=1S/C66H40/c1-37-17-9-11-23-41(37)57-45-27-15-13-25-43(45)55(39-19-5-3-6-20-39)63-51-33-29-47-50-32-36-54-62-52(34-30-48(60(50)62)49-31-35-53(65(57)63)61(51)59(47)49)64-56(40-21-7-4-8-22-40)44-26-14-16-28-46(44)58(66(54)64)42-24-12-10-18-38(42)2/h3-36H,1-2H3. The van der Waals surface area contributed by atoms with Gasteiger partial charge in [0.2, 0.25) is 0 Å². The molecule has 0 bridgehead atoms. The lowest BCUT2D eigenvalue weighted by molar-refractivity contribution is 1.47. The third-order valence-corrected chi connectivity index (χ3v) is 15.4. The van der Waals surface area contributed by atoms with Crippen LogP contribution >= 0.6 is 0 Å². The molecule has 0 amide bonds. The van der Waals surface area contributed by atoms with Crippen molar-refractivity contribution < 1.29 is 0 Å². The molecule has 0 heteroatoms. The number of fused-ring (bicyclic) bond motifs is 10. The summed E-state index contributed by atoms with van der Waals surface area (Å²) in [6.45, 7) is 4.53. The van der Waals surface area contributed by atoms with Crippen molar-refractivity contribution in [2.24, 2.45) is 0 Å². The van der Waals surface area contributed by atoms with Crippen molar-refractivity contribution in [1.82, 2.24) is 0 Å². The molecule has 304 valence electrons. The van der Waals surface area contributed by atoms with E-state index in [1.807, 2.05) is 0 Å². The highest BCUT2D eigenvalue weighted by atomic mass is 14.4. The molecule has 0 fully saturated rings. The minimum absolute atomic E-state index is 1.25. The zero-order valence-electron chi connectivity index (χ0n) is 36.6. The van der Waals surface area contributed by atoms with Crippen LogP contribution in [0.15, 0.2) is 206 Å². The molecule has 2 aliphatic carbocycles. The fourth-order valence-electron chi connectivity index (χ4n) is 12.8. The van der Waals surface area contributed by atoms with Crippen LogP contribution in [0.3, 0.4) is 0 Å². The maximum absolute atomic E-state index is 2.46. The molecule has 0 N–H and O–H groups in total. The molecular formula is C66H40. The van der Waals surface area contributed by atoms with Gasteiger partial charge in [-0.15, -0.1) is 0 Å². The van der Waals surface area contributed by atoms with Crippen LogP contribution in [0.4, 0.5) is 0 Å². The van der Waals surface area contributed by atoms with Crippen LogP contribution < -0.4 is 0 Å². The van der Waals surface area contributed by atoms with Gasteiger partial charge in [0.1, 0.15) is 0 Å². The van der Waals surface area contributed by atoms with Gasteiger partial charge in [0, 0.05) is 0 Å². The van der Waals surface area contributed by atoms with Crippen LogP contribution in [0, 0.1) is 13.8 Å². The fourth-order valence-corrected chi connectivity index (χ4v) is 12.8. The molecule has 0 heterocycles. The monoisotopic (exact) mass is 832 g/mol. The summed E-state index contributed by atoms with van der Waals surface area (Å²) >= 11 is 0. The van der Waals surface area contributed by atoms with E-state index >= 15 is 0 Å². The third-order valence-electron chi connectivity index (χ3n) is 15.4. The Kier molecular flexibility index (Phi) is 7.18. The highest BCUT2D eigenvalue weighted by molar-refractivity contribution is 6.42. The van der Waals surface area contributed by atoms with Gasteiger partial charge in [-0.2, -0.15) is 0 Å². The first-order valence-corrected chi connectivity index (χ1v) is 23.3. The van der Waals surface area contributed by atoms with E-state index in [0.29, 0.717) is 0 Å². The summed E-state index contributed by atoms with van der Waals surface area (Å²) < 4.78 is 0. The Morgan fingerprint density at radius 1 is 0.182 bits per heavy atom. The van der Waals surface area contributed by atoms with Crippen LogP contribution in [0.5, 0.6) is 0 Å². The van der Waals surface area contributed by atoms with Gasteiger partial charge in [-0.25, -0.2) is 0 Å². The molecule has 0 radical (unpaired) electrons. The molecule has 0 unspecified atom stereocenters. The molecule has 2 aliphatic rings. The van der Waals surface area contributed by atoms with E-state index in [4.69, 9.17) is 0 Å². The third kappa shape index (κ3) is 4.53. The van der Waals surface area contributed by atoms with Crippen LogP contribution in [0.2, 0.25) is 0 Å². The second-order valence-corrected chi connectivity index (χ2v) is 18.6. The van der Waals surface area contributed by atoms with Gasteiger partial charge in [0.05, 0.1) is 0 Å². The van der Waals surface area contributed by atoms with E-state index < -0.39 is 0 Å². The summed E-state index contributed by atoms with van der Waals surface area (Å²) in [5.41, 5.74) is 23.6. The molecule has 0 aliphatic heterocycles. The lowest BCUT2D eigenvalue weighted by atomic mass is 9.82. The number of hydrogen-bond donors (Lipinski definition) is 0. The van der Waals surface area contributed by atoms with Gasteiger partial charge in [0.25, 0.3) is 0 Å². The van der Waals surface area contributed by atoms with Crippen LogP contribution in [-0.2, 0) is 0 Å². The molecule has 0 aromatic heterocycles. The lowest BCUT2D eigenvalue weighted by Gasteiger charge is -2.21. The highest BCUT2D eigenvalue weighted by Gasteiger charge is 2.35. The Hall–Kier alpha value is -8.32. The molecular weight excluding hydrogens is 793 g/mol. The van der Waals surface area contributed by atoms with Crippen molar-refractivity contribution in [3.8, 4) is 89.0 Å². The molecule has 13 aromatic carbocycles. The first kappa shape index (κ1) is 36.1. The largest absolute Gasteiger partial charge is 0.0622 e. The minimum atomic E-state index is 1.25. The summed E-state index contributed by atoms with van der Waals surface area (Å²) in [6, 6.07) is 77.9. The highest BCUT2D eigenvalue weighted by Crippen LogP contribution is 2.63. The van der Waals surface area contributed by atoms with Crippen molar-refractivity contribution in [2.45, 2.75) is 13.8 Å². The Labute approximate surface area is 383 Å². The summed E-state index contributed by atoms with van der Waals surface area (Å²) in [6.07, 6.45) is 0. The van der Waals surface area contributed by atoms with Crippen molar-refractivity contribution in [1.29, 1.82) is 0 Å². The van der Waals surface area contributed by atoms with Gasteiger partial charge < -0.3 is 0 Å². The summed E-state index contributed by atoms with van der Waals surface area (Å²) in [5, 5.41) is 15.9. The number of hydrogen-bond acceptors (Lipinski definition) is 0. The molecule has 0 nitrogen and oxygen atoms in total. The summed E-state index contributed by atoms with van der Waals surface area (Å²) in [4.78, 5) is 0. The Balaban J connectivity index is 1.09. The van der Waals surface area contributed by atoms with Crippen LogP contribution in [-0.4, -0.2) is 0 Å². The molecule has 0 atom stereocenters. The SMILES string of the molecule is Cc1ccccc1-c1c2c(c(-c3ccccc3)c3ccccc13)-c1ccc3c4ccc5c6c(ccc(c7ccc-2c1c37)c64)-c1c-5c(-c2ccccc2C)c2ccccc2c1-c1ccccc1. The predicted octanol–water partition coefficient (Wildman–Crippen LogP) is 18.6. The smallest absolute Gasteiger partial charge is 0.000730 e. The van der Waals surface area contributed by atoms with Gasteiger partial charge >= 0.3 is 0 Å². The first-order chi connectivity index (χ1) is 32.7. The van der Waals surface area contributed by atoms with E-state index in [1.165, 1.54) is 165 Å². The van der Waals surface area contributed by atoms with Crippen molar-refractivity contribution in [3.05, 3.63) is 217 Å². The second kappa shape index (κ2) is 13.1. The van der Waals surface area contributed by atoms with Crippen molar-refractivity contribution in [3.63, 3.8) is 0 Å². The number of rotatable bonds is 4. The average molecular weight is 833 g/mol. The molecule has 15 rings (SSSR count). The number of aryl methyl sites for hydroxylation is 2. The van der Waals surface area contributed by atoms with Crippen LogP contribution in [0.25, 0.3) is 154 Å². The summed E-state index contributed by atoms with van der Waals surface area (Å²) in [5.74, 6) is 0. The van der Waals surface area contributed by atoms with Gasteiger partial charge in [0.15, 0.2) is 0 Å². The van der Waals surface area contributed by atoms with E-state index in [9.17, 15) is 0 Å². The van der Waals surface area contributed by atoms with E-state index in [-0.39, 0.29) is 0 Å². The van der Waals surface area contributed by atoms with Gasteiger partial charge in [-0.3, -0.25) is 0 Å². The normalized spacial score (nSPS) is 12.4. The lowest BCUT2D eigenvalue weighted by Crippen LogP contribution is -1.94. The number of benzene rings is 13. The first-order valence-electron chi connectivity index (χ1n) is 23.3. The predicted molar refractivity (Wildman–Crippen MR) is 283 cm³/mol. The summed E-state index contributed by atoms with van der Waals surface area (Å²) in [7, 11) is 0. The second-order valence-electron chi connectivity index (χ2n) is 18.6. The molecule has 0 saturated carbocycles. The Morgan fingerprint density at radius 2 is 0.470 bits per heavy atom. The Bertz CT molecular complexity index is 3970. The fraction of sp³-hybridized carbons (Fsp3) is 0.0303. The van der Waals surface area contributed by atoms with E-state index in [0.717, 1.165) is 0 Å². The zero-order chi connectivity index (χ0) is 43.4. The quantitative estimate of drug-likeness (QED) is 0.122. The Morgan fingerprint density at radius 3 is 0.818 bits per heavy atom. The zero-order valence-corrected chi connectivity index (χ0v) is 36.6. The van der Waals surface area contributed by atoms with Gasteiger partial charge in [-0.05, 0) is 179 Å². The maximum atomic E-state index is 2.46. The van der Waals surface area contributed by atoms with E-state index in [1.54, 1.807) is 0 Å². The molecule has 66 heavy (non-hydrogen) atoms. The van der Waals surface area contributed by atoms with Crippen molar-refractivity contribution >= 4 is 64.6 Å². The van der Waals surface area contributed by atoms with Crippen LogP contribution in [0.1, 0.15) is 11.1 Å². The van der Waals surface area contributed by atoms with E-state index in [2.05, 4.69) is 220 Å².